The molecule has 0 aliphatic heterocycles. The van der Waals surface area contributed by atoms with Gasteiger partial charge in [-0.15, -0.1) is 0 Å². The van der Waals surface area contributed by atoms with Crippen LogP contribution in [0.25, 0.3) is 0 Å². The molecule has 1 atom stereocenters. The zero-order chi connectivity index (χ0) is 15.8. The van der Waals surface area contributed by atoms with Crippen molar-refractivity contribution in [3.05, 3.63) is 53.9 Å². The number of benzene rings is 1. The Morgan fingerprint density at radius 2 is 1.91 bits per heavy atom. The van der Waals surface area contributed by atoms with Gasteiger partial charge in [0.1, 0.15) is 0 Å². The van der Waals surface area contributed by atoms with E-state index < -0.39 is 6.10 Å². The number of aliphatic hydroxyl groups excluding tert-OH is 1. The number of amides is 1. The van der Waals surface area contributed by atoms with Crippen LogP contribution in [0.3, 0.4) is 0 Å². The van der Waals surface area contributed by atoms with Crippen molar-refractivity contribution in [3.8, 4) is 0 Å². The summed E-state index contributed by atoms with van der Waals surface area (Å²) in [6, 6.07) is 9.32. The molecule has 1 aromatic carbocycles. The largest absolute Gasteiger partial charge is 0.387 e. The van der Waals surface area contributed by atoms with Gasteiger partial charge in [-0.25, -0.2) is 9.97 Å². The van der Waals surface area contributed by atoms with Gasteiger partial charge in [-0.3, -0.25) is 4.79 Å². The highest BCUT2D eigenvalue weighted by molar-refractivity contribution is 5.76. The molecule has 0 saturated heterocycles. The molecule has 22 heavy (non-hydrogen) atoms. The molecule has 116 valence electrons. The summed E-state index contributed by atoms with van der Waals surface area (Å²) in [6.07, 6.45) is 2.86. The first kappa shape index (κ1) is 15.9. The molecule has 6 nitrogen and oxygen atoms in total. The van der Waals surface area contributed by atoms with Gasteiger partial charge in [0.25, 0.3) is 0 Å². The van der Waals surface area contributed by atoms with Crippen molar-refractivity contribution < 1.29 is 9.90 Å². The van der Waals surface area contributed by atoms with Crippen LogP contribution < -0.4 is 10.6 Å². The number of rotatable bonds is 7. The van der Waals surface area contributed by atoms with Crippen LogP contribution in [-0.4, -0.2) is 34.1 Å². The zero-order valence-corrected chi connectivity index (χ0v) is 12.5. The van der Waals surface area contributed by atoms with E-state index in [2.05, 4.69) is 20.6 Å². The normalized spacial score (nSPS) is 11.7. The van der Waals surface area contributed by atoms with Crippen LogP contribution in [0.2, 0.25) is 0 Å². The molecule has 0 saturated carbocycles. The molecule has 0 aliphatic rings. The van der Waals surface area contributed by atoms with Crippen LogP contribution in [0.5, 0.6) is 0 Å². The second-order valence-corrected chi connectivity index (χ2v) is 4.98. The summed E-state index contributed by atoms with van der Waals surface area (Å²) in [4.78, 5) is 19.7. The number of anilines is 1. The van der Waals surface area contributed by atoms with Crippen molar-refractivity contribution in [2.75, 3.05) is 18.4 Å². The van der Waals surface area contributed by atoms with Gasteiger partial charge in [0, 0.05) is 31.9 Å². The van der Waals surface area contributed by atoms with Gasteiger partial charge in [-0.2, -0.15) is 0 Å². The topological polar surface area (TPSA) is 87.1 Å². The molecule has 2 aromatic rings. The highest BCUT2D eigenvalue weighted by Gasteiger charge is 2.09. The Kier molecular flexibility index (Phi) is 5.85. The SMILES string of the molecule is Cc1ccc([C@H](O)CNC(=O)CCNc2ncccn2)cc1. The predicted molar refractivity (Wildman–Crippen MR) is 84.3 cm³/mol. The molecule has 0 aliphatic carbocycles. The number of carbonyl (C=O) groups excluding carboxylic acids is 1. The van der Waals surface area contributed by atoms with Gasteiger partial charge in [0.05, 0.1) is 6.10 Å². The predicted octanol–water partition coefficient (Wildman–Crippen LogP) is 1.44. The summed E-state index contributed by atoms with van der Waals surface area (Å²) in [5, 5.41) is 15.7. The monoisotopic (exact) mass is 300 g/mol. The smallest absolute Gasteiger partial charge is 0.222 e. The maximum atomic E-state index is 11.7. The molecule has 6 heteroatoms. The van der Waals surface area contributed by atoms with Crippen LogP contribution in [0, 0.1) is 6.92 Å². The Bertz CT molecular complexity index is 587. The lowest BCUT2D eigenvalue weighted by Crippen LogP contribution is -2.29. The zero-order valence-electron chi connectivity index (χ0n) is 12.5. The quantitative estimate of drug-likeness (QED) is 0.720. The molecule has 0 unspecified atom stereocenters. The van der Waals surface area contributed by atoms with Gasteiger partial charge in [0.15, 0.2) is 0 Å². The fourth-order valence-electron chi connectivity index (χ4n) is 1.88. The molecule has 0 spiro atoms. The van der Waals surface area contributed by atoms with E-state index in [9.17, 15) is 9.90 Å². The maximum Gasteiger partial charge on any atom is 0.222 e. The first-order chi connectivity index (χ1) is 10.6. The lowest BCUT2D eigenvalue weighted by Gasteiger charge is -2.12. The first-order valence-corrected chi connectivity index (χ1v) is 7.17. The van der Waals surface area contributed by atoms with E-state index >= 15 is 0 Å². The number of hydrogen-bond acceptors (Lipinski definition) is 5. The van der Waals surface area contributed by atoms with Gasteiger partial charge < -0.3 is 15.7 Å². The third-order valence-electron chi connectivity index (χ3n) is 3.16. The van der Waals surface area contributed by atoms with Crippen molar-refractivity contribution in [3.63, 3.8) is 0 Å². The van der Waals surface area contributed by atoms with Crippen LogP contribution in [0.1, 0.15) is 23.7 Å². The van der Waals surface area contributed by atoms with E-state index in [0.29, 0.717) is 18.9 Å². The number of aliphatic hydroxyl groups is 1. The van der Waals surface area contributed by atoms with Gasteiger partial charge in [-0.1, -0.05) is 29.8 Å². The van der Waals surface area contributed by atoms with Crippen molar-refractivity contribution in [1.29, 1.82) is 0 Å². The van der Waals surface area contributed by atoms with E-state index in [1.54, 1.807) is 18.5 Å². The maximum absolute atomic E-state index is 11.7. The highest BCUT2D eigenvalue weighted by atomic mass is 16.3. The van der Waals surface area contributed by atoms with Crippen LogP contribution in [0.4, 0.5) is 5.95 Å². The van der Waals surface area contributed by atoms with E-state index in [4.69, 9.17) is 0 Å². The molecular weight excluding hydrogens is 280 g/mol. The number of hydrogen-bond donors (Lipinski definition) is 3. The van der Waals surface area contributed by atoms with Crippen molar-refractivity contribution in [2.45, 2.75) is 19.4 Å². The summed E-state index contributed by atoms with van der Waals surface area (Å²) in [7, 11) is 0. The average molecular weight is 300 g/mol. The molecule has 0 radical (unpaired) electrons. The van der Waals surface area contributed by atoms with Crippen molar-refractivity contribution in [1.82, 2.24) is 15.3 Å². The average Bonchev–Trinajstić information content (AvgIpc) is 2.54. The minimum absolute atomic E-state index is 0.130. The minimum Gasteiger partial charge on any atom is -0.387 e. The molecule has 1 amide bonds. The van der Waals surface area contributed by atoms with Gasteiger partial charge >= 0.3 is 0 Å². The number of nitrogens with zero attached hydrogens (tertiary/aromatic N) is 2. The van der Waals surface area contributed by atoms with Crippen LogP contribution in [-0.2, 0) is 4.79 Å². The lowest BCUT2D eigenvalue weighted by atomic mass is 10.1. The first-order valence-electron chi connectivity index (χ1n) is 7.17. The van der Waals surface area contributed by atoms with Crippen molar-refractivity contribution >= 4 is 11.9 Å². The molecule has 1 aromatic heterocycles. The Morgan fingerprint density at radius 3 is 2.59 bits per heavy atom. The Labute approximate surface area is 129 Å². The Morgan fingerprint density at radius 1 is 1.23 bits per heavy atom. The van der Waals surface area contributed by atoms with Crippen LogP contribution in [0.15, 0.2) is 42.7 Å². The fraction of sp³-hybridized carbons (Fsp3) is 0.312. The fourth-order valence-corrected chi connectivity index (χ4v) is 1.88. The highest BCUT2D eigenvalue weighted by Crippen LogP contribution is 2.12. The van der Waals surface area contributed by atoms with E-state index in [1.807, 2.05) is 31.2 Å². The van der Waals surface area contributed by atoms with E-state index in [1.165, 1.54) is 0 Å². The number of carbonyl (C=O) groups is 1. The van der Waals surface area contributed by atoms with Crippen LogP contribution >= 0.6 is 0 Å². The molecule has 3 N–H and O–H groups in total. The minimum atomic E-state index is -0.699. The molecule has 0 bridgehead atoms. The van der Waals surface area contributed by atoms with Gasteiger partial charge in [0.2, 0.25) is 11.9 Å². The van der Waals surface area contributed by atoms with Gasteiger partial charge in [-0.05, 0) is 18.6 Å². The Balaban J connectivity index is 1.68. The number of aryl methyl sites for hydroxylation is 1. The molecular formula is C16H20N4O2. The van der Waals surface area contributed by atoms with E-state index in [-0.39, 0.29) is 12.5 Å². The summed E-state index contributed by atoms with van der Waals surface area (Å²) < 4.78 is 0. The lowest BCUT2D eigenvalue weighted by molar-refractivity contribution is -0.121. The standard InChI is InChI=1S/C16H20N4O2/c1-12-3-5-13(6-4-12)14(21)11-20-15(22)7-10-19-16-17-8-2-9-18-16/h2-6,8-9,14,21H,7,10-11H2,1H3,(H,20,22)(H,17,18,19)/t14-/m1/s1. The van der Waals surface area contributed by atoms with E-state index in [0.717, 1.165) is 11.1 Å². The Hall–Kier alpha value is -2.47. The third-order valence-corrected chi connectivity index (χ3v) is 3.16. The second kappa shape index (κ2) is 8.09. The third kappa shape index (κ3) is 5.14. The second-order valence-electron chi connectivity index (χ2n) is 4.98. The summed E-state index contributed by atoms with van der Waals surface area (Å²) in [6.45, 7) is 2.63. The summed E-state index contributed by atoms with van der Waals surface area (Å²) >= 11 is 0. The molecule has 2 rings (SSSR count). The molecule has 0 fully saturated rings. The van der Waals surface area contributed by atoms with Crippen molar-refractivity contribution in [2.24, 2.45) is 0 Å². The summed E-state index contributed by atoms with van der Waals surface area (Å²) in [5.74, 6) is 0.365. The number of nitrogens with one attached hydrogen (secondary N) is 2. The molecule has 1 heterocycles. The summed E-state index contributed by atoms with van der Waals surface area (Å²) in [5.41, 5.74) is 1.93. The number of aromatic nitrogens is 2.